The van der Waals surface area contributed by atoms with Gasteiger partial charge in [0.1, 0.15) is 0 Å². The number of hydrogen-bond donors (Lipinski definition) is 1. The van der Waals surface area contributed by atoms with Crippen LogP contribution < -0.4 is 5.32 Å². The highest BCUT2D eigenvalue weighted by atomic mass is 16.2. The first kappa shape index (κ1) is 15.5. The molecule has 1 aromatic rings. The van der Waals surface area contributed by atoms with Crippen LogP contribution in [0.1, 0.15) is 25.3 Å². The molecule has 1 N–H and O–H groups in total. The molecule has 0 heterocycles. The summed E-state index contributed by atoms with van der Waals surface area (Å²) in [4.78, 5) is 13.9. The van der Waals surface area contributed by atoms with Gasteiger partial charge in [-0.2, -0.15) is 5.26 Å². The molecule has 21 heavy (non-hydrogen) atoms. The number of rotatable bonds is 7. The molecule has 0 bridgehead atoms. The van der Waals surface area contributed by atoms with Crippen LogP contribution in [0.25, 0.3) is 0 Å². The lowest BCUT2D eigenvalue weighted by Gasteiger charge is -2.20. The third-order valence-electron chi connectivity index (χ3n) is 4.08. The van der Waals surface area contributed by atoms with E-state index in [1.165, 1.54) is 5.56 Å². The van der Waals surface area contributed by atoms with Crippen molar-refractivity contribution in [2.45, 2.75) is 25.2 Å². The zero-order chi connectivity index (χ0) is 15.3. The molecule has 0 saturated heterocycles. The van der Waals surface area contributed by atoms with E-state index >= 15 is 0 Å². The summed E-state index contributed by atoms with van der Waals surface area (Å²) in [5.41, 5.74) is 1.46. The van der Waals surface area contributed by atoms with E-state index in [1.54, 1.807) is 0 Å². The van der Waals surface area contributed by atoms with Crippen LogP contribution >= 0.6 is 0 Å². The maximum atomic E-state index is 12.0. The molecule has 0 aliphatic heterocycles. The fourth-order valence-electron chi connectivity index (χ4n) is 2.65. The largest absolute Gasteiger partial charge is 0.354 e. The van der Waals surface area contributed by atoms with Gasteiger partial charge >= 0.3 is 0 Å². The fraction of sp³-hybridized carbons (Fsp3) is 0.529. The molecule has 112 valence electrons. The summed E-state index contributed by atoms with van der Waals surface area (Å²) < 4.78 is 0. The maximum Gasteiger partial charge on any atom is 0.234 e. The van der Waals surface area contributed by atoms with Crippen molar-refractivity contribution in [3.8, 4) is 6.07 Å². The number of hydrogen-bond acceptors (Lipinski definition) is 3. The molecule has 0 unspecified atom stereocenters. The van der Waals surface area contributed by atoms with Crippen LogP contribution in [-0.2, 0) is 10.2 Å². The van der Waals surface area contributed by atoms with Gasteiger partial charge in [0.2, 0.25) is 5.91 Å². The Morgan fingerprint density at radius 3 is 2.67 bits per heavy atom. The molecule has 0 radical (unpaired) electrons. The third kappa shape index (κ3) is 4.30. The Hall–Kier alpha value is -1.86. The highest BCUT2D eigenvalue weighted by Gasteiger charge is 2.44. The summed E-state index contributed by atoms with van der Waals surface area (Å²) in [6.45, 7) is 3.53. The van der Waals surface area contributed by atoms with Gasteiger partial charge in [-0.05, 0) is 32.4 Å². The van der Waals surface area contributed by atoms with Gasteiger partial charge < -0.3 is 5.32 Å². The van der Waals surface area contributed by atoms with Crippen LogP contribution in [0.15, 0.2) is 30.3 Å². The molecule has 1 fully saturated rings. The average Bonchev–Trinajstić information content (AvgIpc) is 3.27. The Morgan fingerprint density at radius 1 is 1.43 bits per heavy atom. The lowest BCUT2D eigenvalue weighted by Crippen LogP contribution is -2.40. The van der Waals surface area contributed by atoms with Gasteiger partial charge in [-0.3, -0.25) is 9.69 Å². The molecule has 0 aromatic heterocycles. The van der Waals surface area contributed by atoms with E-state index in [9.17, 15) is 4.79 Å². The molecule has 1 aliphatic carbocycles. The normalized spacial score (nSPS) is 17.0. The minimum Gasteiger partial charge on any atom is -0.354 e. The highest BCUT2D eigenvalue weighted by molar-refractivity contribution is 5.78. The molecule has 1 saturated carbocycles. The van der Waals surface area contributed by atoms with Gasteiger partial charge in [-0.15, -0.1) is 0 Å². The first-order valence-corrected chi connectivity index (χ1v) is 7.46. The number of nitrogens with zero attached hydrogens (tertiary/aromatic N) is 2. The van der Waals surface area contributed by atoms with Crippen molar-refractivity contribution in [1.29, 1.82) is 5.26 Å². The molecule has 2 rings (SSSR count). The molecule has 1 atom stereocenters. The third-order valence-corrected chi connectivity index (χ3v) is 4.08. The highest BCUT2D eigenvalue weighted by Crippen LogP contribution is 2.47. The van der Waals surface area contributed by atoms with Crippen molar-refractivity contribution >= 4 is 5.91 Å². The van der Waals surface area contributed by atoms with E-state index in [-0.39, 0.29) is 17.2 Å². The SMILES string of the molecule is C[C@@H](C#N)CN(C)CC(=O)NCC1(c2ccccc2)CC1. The fourth-order valence-corrected chi connectivity index (χ4v) is 2.65. The quantitative estimate of drug-likeness (QED) is 0.833. The summed E-state index contributed by atoms with van der Waals surface area (Å²) in [5.74, 6) is -0.0215. The number of likely N-dealkylation sites (N-methyl/N-ethyl adjacent to an activating group) is 1. The minimum absolute atomic E-state index is 0.0323. The van der Waals surface area contributed by atoms with Crippen LogP contribution in [0.3, 0.4) is 0 Å². The van der Waals surface area contributed by atoms with Crippen LogP contribution in [-0.4, -0.2) is 37.5 Å². The monoisotopic (exact) mass is 285 g/mol. The van der Waals surface area contributed by atoms with Gasteiger partial charge in [-0.1, -0.05) is 30.3 Å². The van der Waals surface area contributed by atoms with Crippen LogP contribution in [0.4, 0.5) is 0 Å². The number of carbonyl (C=O) groups is 1. The second kappa shape index (κ2) is 6.73. The predicted octanol–water partition coefficient (Wildman–Crippen LogP) is 1.93. The van der Waals surface area contributed by atoms with Crippen molar-refractivity contribution in [3.05, 3.63) is 35.9 Å². The Labute approximate surface area is 126 Å². The number of benzene rings is 1. The Kier molecular flexibility index (Phi) is 4.98. The molecule has 0 spiro atoms. The van der Waals surface area contributed by atoms with E-state index < -0.39 is 0 Å². The predicted molar refractivity (Wildman–Crippen MR) is 82.6 cm³/mol. The number of amides is 1. The molecular weight excluding hydrogens is 262 g/mol. The molecule has 4 nitrogen and oxygen atoms in total. The first-order valence-electron chi connectivity index (χ1n) is 7.46. The van der Waals surface area contributed by atoms with Gasteiger partial charge in [0.05, 0.1) is 18.5 Å². The zero-order valence-corrected chi connectivity index (χ0v) is 12.8. The zero-order valence-electron chi connectivity index (χ0n) is 12.8. The Bertz CT molecular complexity index is 517. The van der Waals surface area contributed by atoms with Gasteiger partial charge in [0.25, 0.3) is 0 Å². The molecule has 1 amide bonds. The van der Waals surface area contributed by atoms with Crippen molar-refractivity contribution in [1.82, 2.24) is 10.2 Å². The van der Waals surface area contributed by atoms with Gasteiger partial charge in [0, 0.05) is 18.5 Å². The van der Waals surface area contributed by atoms with E-state index in [0.29, 0.717) is 19.6 Å². The van der Waals surface area contributed by atoms with Crippen molar-refractivity contribution < 1.29 is 4.79 Å². The number of nitrogens with one attached hydrogen (secondary N) is 1. The van der Waals surface area contributed by atoms with E-state index in [0.717, 1.165) is 12.8 Å². The summed E-state index contributed by atoms with van der Waals surface area (Å²) >= 11 is 0. The Morgan fingerprint density at radius 2 is 2.10 bits per heavy atom. The molecular formula is C17H23N3O. The number of nitriles is 1. The van der Waals surface area contributed by atoms with Gasteiger partial charge in [0.15, 0.2) is 0 Å². The average molecular weight is 285 g/mol. The minimum atomic E-state index is -0.0538. The molecule has 1 aliphatic rings. The topological polar surface area (TPSA) is 56.1 Å². The maximum absolute atomic E-state index is 12.0. The summed E-state index contributed by atoms with van der Waals surface area (Å²) in [6, 6.07) is 12.6. The van der Waals surface area contributed by atoms with Crippen molar-refractivity contribution in [3.63, 3.8) is 0 Å². The summed E-state index contributed by atoms with van der Waals surface area (Å²) in [6.07, 6.45) is 2.27. The smallest absolute Gasteiger partial charge is 0.234 e. The lowest BCUT2D eigenvalue weighted by atomic mass is 9.96. The summed E-state index contributed by atoms with van der Waals surface area (Å²) in [5, 5.41) is 11.8. The van der Waals surface area contributed by atoms with Gasteiger partial charge in [-0.25, -0.2) is 0 Å². The second-order valence-electron chi connectivity index (χ2n) is 6.15. The standard InChI is InChI=1S/C17H23N3O/c1-14(10-18)11-20(2)12-16(21)19-13-17(8-9-17)15-6-4-3-5-7-15/h3-7,14H,8-9,11-13H2,1-2H3,(H,19,21)/t14-/m0/s1. The van der Waals surface area contributed by atoms with Crippen LogP contribution in [0, 0.1) is 17.2 Å². The Balaban J connectivity index is 1.78. The van der Waals surface area contributed by atoms with E-state index in [4.69, 9.17) is 5.26 Å². The lowest BCUT2D eigenvalue weighted by molar-refractivity contribution is -0.122. The van der Waals surface area contributed by atoms with E-state index in [2.05, 4.69) is 23.5 Å². The molecule has 1 aromatic carbocycles. The van der Waals surface area contributed by atoms with Crippen molar-refractivity contribution in [2.24, 2.45) is 5.92 Å². The van der Waals surface area contributed by atoms with Crippen LogP contribution in [0.2, 0.25) is 0 Å². The first-order chi connectivity index (χ1) is 10.1. The molecule has 4 heteroatoms. The second-order valence-corrected chi connectivity index (χ2v) is 6.15. The van der Waals surface area contributed by atoms with Crippen LogP contribution in [0.5, 0.6) is 0 Å². The van der Waals surface area contributed by atoms with E-state index in [1.807, 2.05) is 37.1 Å². The summed E-state index contributed by atoms with van der Waals surface area (Å²) in [7, 11) is 1.87. The van der Waals surface area contributed by atoms with Crippen molar-refractivity contribution in [2.75, 3.05) is 26.7 Å². The number of carbonyl (C=O) groups excluding carboxylic acids is 1.